The number of thioether (sulfide) groups is 1. The molecule has 3 atom stereocenters. The molecule has 3 amide bonds. The fourth-order valence-electron chi connectivity index (χ4n) is 5.12. The largest absolute Gasteiger partial charge is 0.454 e. The highest BCUT2D eigenvalue weighted by molar-refractivity contribution is 8.01. The molecule has 3 aliphatic rings. The van der Waals surface area contributed by atoms with Gasteiger partial charge in [0.2, 0.25) is 18.6 Å². The van der Waals surface area contributed by atoms with Crippen molar-refractivity contribution in [2.75, 3.05) is 6.79 Å². The number of carbonyl (C=O) groups is 3. The van der Waals surface area contributed by atoms with E-state index in [1.165, 1.54) is 0 Å². The van der Waals surface area contributed by atoms with E-state index in [4.69, 9.17) is 9.47 Å². The Hall–Kier alpha value is -3.20. The van der Waals surface area contributed by atoms with Crippen molar-refractivity contribution in [3.8, 4) is 11.5 Å². The zero-order valence-electron chi connectivity index (χ0n) is 20.9. The summed E-state index contributed by atoms with van der Waals surface area (Å²) in [5, 5.41) is 5.72. The van der Waals surface area contributed by atoms with Gasteiger partial charge in [0.1, 0.15) is 17.5 Å². The molecule has 1 fully saturated rings. The van der Waals surface area contributed by atoms with Gasteiger partial charge in [0.05, 0.1) is 0 Å². The van der Waals surface area contributed by atoms with Crippen LogP contribution >= 0.6 is 11.8 Å². The number of hydrogen-bond donors (Lipinski definition) is 2. The Balaban J connectivity index is 1.30. The topological polar surface area (TPSA) is 97.0 Å². The first-order valence-electron chi connectivity index (χ1n) is 12.2. The molecular weight excluding hydrogens is 478 g/mol. The highest BCUT2D eigenvalue weighted by atomic mass is 32.2. The van der Waals surface area contributed by atoms with E-state index in [1.807, 2.05) is 70.2 Å². The van der Waals surface area contributed by atoms with Gasteiger partial charge in [-0.3, -0.25) is 14.4 Å². The average molecular weight is 510 g/mol. The molecule has 9 heteroatoms. The molecule has 0 bridgehead atoms. The third kappa shape index (κ3) is 4.40. The molecular formula is C27H31N3O5S. The van der Waals surface area contributed by atoms with Crippen molar-refractivity contribution >= 4 is 29.5 Å². The van der Waals surface area contributed by atoms with Gasteiger partial charge in [0.15, 0.2) is 11.5 Å². The van der Waals surface area contributed by atoms with Gasteiger partial charge in [0.25, 0.3) is 5.91 Å². The van der Waals surface area contributed by atoms with Crippen molar-refractivity contribution in [3.05, 3.63) is 59.2 Å². The monoisotopic (exact) mass is 509 g/mol. The molecule has 3 heterocycles. The quantitative estimate of drug-likeness (QED) is 0.592. The fraction of sp³-hybridized carbons (Fsp3) is 0.444. The smallest absolute Gasteiger partial charge is 0.256 e. The Bertz CT molecular complexity index is 1210. The van der Waals surface area contributed by atoms with E-state index in [1.54, 1.807) is 16.7 Å². The summed E-state index contributed by atoms with van der Waals surface area (Å²) in [6.45, 7) is 8.47. The maximum absolute atomic E-state index is 13.7. The lowest BCUT2D eigenvalue weighted by Gasteiger charge is -2.31. The number of carbonyl (C=O) groups excluding carboxylic acids is 3. The first kappa shape index (κ1) is 24.5. The second kappa shape index (κ2) is 9.35. The summed E-state index contributed by atoms with van der Waals surface area (Å²) in [4.78, 5) is 41.8. The molecule has 5 rings (SSSR count). The van der Waals surface area contributed by atoms with E-state index in [2.05, 4.69) is 10.6 Å². The highest BCUT2D eigenvalue weighted by Gasteiger charge is 2.57. The van der Waals surface area contributed by atoms with Crippen LogP contribution in [0.2, 0.25) is 0 Å². The molecule has 3 unspecified atom stereocenters. The SMILES string of the molecule is CC(C)CC(NC(=O)C1N2C(=O)c3ccccc3C2SC1(C)C)C(=O)NCc1ccc2c(c1)OCO2. The first-order valence-corrected chi connectivity index (χ1v) is 13.1. The minimum Gasteiger partial charge on any atom is -0.454 e. The van der Waals surface area contributed by atoms with Gasteiger partial charge >= 0.3 is 0 Å². The number of nitrogens with zero attached hydrogens (tertiary/aromatic N) is 1. The van der Waals surface area contributed by atoms with E-state index < -0.39 is 16.8 Å². The zero-order valence-corrected chi connectivity index (χ0v) is 21.7. The van der Waals surface area contributed by atoms with Crippen LogP contribution in [0.15, 0.2) is 42.5 Å². The normalized spacial score (nSPS) is 21.8. The zero-order chi connectivity index (χ0) is 25.6. The molecule has 2 aromatic carbocycles. The number of nitrogens with one attached hydrogen (secondary N) is 2. The lowest BCUT2D eigenvalue weighted by molar-refractivity contribution is -0.132. The minimum atomic E-state index is -0.716. The summed E-state index contributed by atoms with van der Waals surface area (Å²) in [5.41, 5.74) is 2.46. The van der Waals surface area contributed by atoms with Crippen molar-refractivity contribution in [1.29, 1.82) is 0 Å². The van der Waals surface area contributed by atoms with Crippen LogP contribution in [0.4, 0.5) is 0 Å². The summed E-state index contributed by atoms with van der Waals surface area (Å²) in [6, 6.07) is 11.6. The Morgan fingerprint density at radius 2 is 1.89 bits per heavy atom. The van der Waals surface area contributed by atoms with Gasteiger partial charge in [-0.05, 0) is 55.5 Å². The van der Waals surface area contributed by atoms with Gasteiger partial charge in [0, 0.05) is 16.9 Å². The van der Waals surface area contributed by atoms with E-state index in [0.717, 1.165) is 11.1 Å². The Labute approximate surface area is 215 Å². The van der Waals surface area contributed by atoms with Crippen molar-refractivity contribution in [2.45, 2.75) is 62.9 Å². The Kier molecular flexibility index (Phi) is 6.36. The summed E-state index contributed by atoms with van der Waals surface area (Å²) >= 11 is 1.61. The van der Waals surface area contributed by atoms with E-state index in [0.29, 0.717) is 30.0 Å². The van der Waals surface area contributed by atoms with Gasteiger partial charge in [-0.2, -0.15) is 0 Å². The third-order valence-electron chi connectivity index (χ3n) is 6.79. The van der Waals surface area contributed by atoms with Crippen molar-refractivity contribution in [2.24, 2.45) is 5.92 Å². The van der Waals surface area contributed by atoms with Crippen LogP contribution in [-0.4, -0.2) is 46.2 Å². The molecule has 2 aromatic rings. The molecule has 8 nitrogen and oxygen atoms in total. The number of rotatable bonds is 7. The van der Waals surface area contributed by atoms with E-state index >= 15 is 0 Å². The average Bonchev–Trinajstić information content (AvgIpc) is 3.48. The summed E-state index contributed by atoms with van der Waals surface area (Å²) < 4.78 is 10.2. The second-order valence-corrected chi connectivity index (χ2v) is 12.1. The maximum atomic E-state index is 13.7. The molecule has 0 aromatic heterocycles. The standard InChI is InChI=1S/C27H31N3O5S/c1-15(2)11-19(23(31)28-13-16-9-10-20-21(12-16)35-14-34-20)29-24(32)22-27(3,4)36-26-18-8-6-5-7-17(18)25(33)30(22)26/h5-10,12,15,19,22,26H,11,13-14H2,1-4H3,(H,28,31)(H,29,32). The number of fused-ring (bicyclic) bond motifs is 4. The molecule has 0 saturated carbocycles. The fourth-order valence-corrected chi connectivity index (χ4v) is 6.71. The van der Waals surface area contributed by atoms with Crippen LogP contribution in [0.3, 0.4) is 0 Å². The van der Waals surface area contributed by atoms with Crippen LogP contribution < -0.4 is 20.1 Å². The molecule has 36 heavy (non-hydrogen) atoms. The van der Waals surface area contributed by atoms with E-state index in [9.17, 15) is 14.4 Å². The molecule has 0 aliphatic carbocycles. The van der Waals surface area contributed by atoms with E-state index in [-0.39, 0.29) is 35.8 Å². The van der Waals surface area contributed by atoms with Crippen molar-refractivity contribution < 1.29 is 23.9 Å². The molecule has 2 N–H and O–H groups in total. The molecule has 0 radical (unpaired) electrons. The molecule has 190 valence electrons. The first-order chi connectivity index (χ1) is 17.2. The molecule has 0 spiro atoms. The van der Waals surface area contributed by atoms with Gasteiger partial charge < -0.3 is 25.0 Å². The summed E-state index contributed by atoms with van der Waals surface area (Å²) in [6.07, 6.45) is 0.483. The van der Waals surface area contributed by atoms with Gasteiger partial charge in [-0.15, -0.1) is 11.8 Å². The number of hydrogen-bond acceptors (Lipinski definition) is 6. The van der Waals surface area contributed by atoms with Crippen LogP contribution in [0.25, 0.3) is 0 Å². The lowest BCUT2D eigenvalue weighted by Crippen LogP contribution is -2.57. The Morgan fingerprint density at radius 1 is 1.14 bits per heavy atom. The molecule has 1 saturated heterocycles. The number of amides is 3. The summed E-state index contributed by atoms with van der Waals surface area (Å²) in [5.74, 6) is 0.819. The highest BCUT2D eigenvalue weighted by Crippen LogP contribution is 2.56. The van der Waals surface area contributed by atoms with Gasteiger partial charge in [-0.25, -0.2) is 0 Å². The predicted molar refractivity (Wildman–Crippen MR) is 137 cm³/mol. The molecule has 3 aliphatic heterocycles. The van der Waals surface area contributed by atoms with Crippen LogP contribution in [0.1, 0.15) is 61.0 Å². The number of ether oxygens (including phenoxy) is 2. The van der Waals surface area contributed by atoms with Gasteiger partial charge in [-0.1, -0.05) is 38.1 Å². The lowest BCUT2D eigenvalue weighted by atomic mass is 9.98. The summed E-state index contributed by atoms with van der Waals surface area (Å²) in [7, 11) is 0. The number of benzene rings is 2. The van der Waals surface area contributed by atoms with Crippen molar-refractivity contribution in [3.63, 3.8) is 0 Å². The minimum absolute atomic E-state index is 0.138. The second-order valence-electron chi connectivity index (χ2n) is 10.4. The van der Waals surface area contributed by atoms with Crippen LogP contribution in [0.5, 0.6) is 11.5 Å². The van der Waals surface area contributed by atoms with Crippen LogP contribution in [-0.2, 0) is 16.1 Å². The van der Waals surface area contributed by atoms with Crippen LogP contribution in [0, 0.1) is 5.92 Å². The maximum Gasteiger partial charge on any atom is 0.256 e. The third-order valence-corrected chi connectivity index (χ3v) is 8.32. The van der Waals surface area contributed by atoms with Crippen molar-refractivity contribution in [1.82, 2.24) is 15.5 Å². The Morgan fingerprint density at radius 3 is 2.67 bits per heavy atom. The predicted octanol–water partition coefficient (Wildman–Crippen LogP) is 3.61.